The number of nitrogens with two attached hydrogens (primary N) is 1. The molecule has 0 amide bonds. The summed E-state index contributed by atoms with van der Waals surface area (Å²) in [7, 11) is 3.07. The molecule has 0 atom stereocenters. The van der Waals surface area contributed by atoms with Crippen molar-refractivity contribution in [3.63, 3.8) is 0 Å². The third-order valence-corrected chi connectivity index (χ3v) is 3.49. The summed E-state index contributed by atoms with van der Waals surface area (Å²) in [5.74, 6) is 1.87. The van der Waals surface area contributed by atoms with Gasteiger partial charge in [0.25, 0.3) is 0 Å². The zero-order valence-corrected chi connectivity index (χ0v) is 13.2. The van der Waals surface area contributed by atoms with Gasteiger partial charge in [-0.3, -0.25) is 0 Å². The first-order valence-electron chi connectivity index (χ1n) is 6.39. The standard InChI is InChI=1S/C14H18ClN3O3/c1-14(2,7-16)13-17-12(18-21-13)8-5-9(15)11(20-4)10(6-8)19-3/h5-6H,7,16H2,1-4H3. The molecule has 1 heterocycles. The molecule has 0 aliphatic heterocycles. The zero-order valence-electron chi connectivity index (χ0n) is 12.4. The maximum atomic E-state index is 6.18. The van der Waals surface area contributed by atoms with Crippen LogP contribution in [0.15, 0.2) is 16.7 Å². The van der Waals surface area contributed by atoms with E-state index in [1.165, 1.54) is 14.2 Å². The summed E-state index contributed by atoms with van der Waals surface area (Å²) in [4.78, 5) is 4.38. The Labute approximate surface area is 128 Å². The van der Waals surface area contributed by atoms with Gasteiger partial charge in [-0.15, -0.1) is 0 Å². The Bertz CT molecular complexity index is 640. The molecule has 0 bridgehead atoms. The summed E-state index contributed by atoms with van der Waals surface area (Å²) in [5.41, 5.74) is 6.01. The van der Waals surface area contributed by atoms with Crippen molar-refractivity contribution in [2.24, 2.45) is 5.73 Å². The molecule has 1 aromatic carbocycles. The van der Waals surface area contributed by atoms with Crippen LogP contribution in [0.2, 0.25) is 5.02 Å². The van der Waals surface area contributed by atoms with Gasteiger partial charge in [0.05, 0.1) is 24.7 Å². The highest BCUT2D eigenvalue weighted by Gasteiger charge is 2.26. The molecule has 0 fully saturated rings. The van der Waals surface area contributed by atoms with E-state index in [0.29, 0.717) is 40.3 Å². The summed E-state index contributed by atoms with van der Waals surface area (Å²) in [6, 6.07) is 3.45. The molecule has 21 heavy (non-hydrogen) atoms. The second-order valence-corrected chi connectivity index (χ2v) is 5.61. The van der Waals surface area contributed by atoms with Gasteiger partial charge >= 0.3 is 0 Å². The van der Waals surface area contributed by atoms with Gasteiger partial charge in [-0.1, -0.05) is 16.8 Å². The molecule has 6 nitrogen and oxygen atoms in total. The number of ether oxygens (including phenoxy) is 2. The van der Waals surface area contributed by atoms with Crippen LogP contribution in [0.5, 0.6) is 11.5 Å². The molecular formula is C14H18ClN3O3. The molecule has 0 aliphatic carbocycles. The van der Waals surface area contributed by atoms with Crippen molar-refractivity contribution in [3.05, 3.63) is 23.0 Å². The normalized spacial score (nSPS) is 11.5. The van der Waals surface area contributed by atoms with Gasteiger partial charge in [0, 0.05) is 12.1 Å². The van der Waals surface area contributed by atoms with Crippen LogP contribution in [0, 0.1) is 0 Å². The molecule has 2 rings (SSSR count). The molecule has 114 valence electrons. The third kappa shape index (κ3) is 2.96. The van der Waals surface area contributed by atoms with Crippen LogP contribution in [0.3, 0.4) is 0 Å². The van der Waals surface area contributed by atoms with Crippen molar-refractivity contribution in [2.75, 3.05) is 20.8 Å². The number of hydrogen-bond acceptors (Lipinski definition) is 6. The fourth-order valence-electron chi connectivity index (χ4n) is 1.75. The van der Waals surface area contributed by atoms with E-state index in [1.54, 1.807) is 12.1 Å². The minimum absolute atomic E-state index is 0.383. The van der Waals surface area contributed by atoms with Crippen LogP contribution in [-0.4, -0.2) is 30.9 Å². The zero-order chi connectivity index (χ0) is 15.6. The van der Waals surface area contributed by atoms with Crippen molar-refractivity contribution < 1.29 is 14.0 Å². The average Bonchev–Trinajstić information content (AvgIpc) is 2.96. The Kier molecular flexibility index (Phi) is 4.39. The lowest BCUT2D eigenvalue weighted by Gasteiger charge is -2.15. The number of nitrogens with zero attached hydrogens (tertiary/aromatic N) is 2. The summed E-state index contributed by atoms with van der Waals surface area (Å²) in [6.45, 7) is 4.28. The largest absolute Gasteiger partial charge is 0.493 e. The lowest BCUT2D eigenvalue weighted by molar-refractivity contribution is 0.311. The van der Waals surface area contributed by atoms with Gasteiger partial charge in [-0.25, -0.2) is 0 Å². The quantitative estimate of drug-likeness (QED) is 0.914. The predicted octanol–water partition coefficient (Wildman–Crippen LogP) is 2.64. The van der Waals surface area contributed by atoms with Crippen molar-refractivity contribution in [3.8, 4) is 22.9 Å². The van der Waals surface area contributed by atoms with Crippen molar-refractivity contribution in [1.82, 2.24) is 10.1 Å². The highest BCUT2D eigenvalue weighted by atomic mass is 35.5. The molecule has 0 saturated heterocycles. The SMILES string of the molecule is COc1cc(-c2noc(C(C)(C)CN)n2)cc(Cl)c1OC. The number of rotatable bonds is 5. The third-order valence-electron chi connectivity index (χ3n) is 3.21. The van der Waals surface area contributed by atoms with E-state index in [1.807, 2.05) is 13.8 Å². The number of hydrogen-bond donors (Lipinski definition) is 1. The Morgan fingerprint density at radius 2 is 2.00 bits per heavy atom. The number of aromatic nitrogens is 2. The van der Waals surface area contributed by atoms with Gasteiger partial charge < -0.3 is 19.7 Å². The molecule has 1 aromatic heterocycles. The molecular weight excluding hydrogens is 294 g/mol. The predicted molar refractivity (Wildman–Crippen MR) is 79.9 cm³/mol. The van der Waals surface area contributed by atoms with E-state index in [4.69, 9.17) is 31.3 Å². The molecule has 7 heteroatoms. The molecule has 0 unspecified atom stereocenters. The van der Waals surface area contributed by atoms with E-state index in [0.717, 1.165) is 0 Å². The maximum Gasteiger partial charge on any atom is 0.233 e. The van der Waals surface area contributed by atoms with E-state index < -0.39 is 0 Å². The lowest BCUT2D eigenvalue weighted by Crippen LogP contribution is -2.28. The molecule has 0 saturated carbocycles. The van der Waals surface area contributed by atoms with E-state index in [9.17, 15) is 0 Å². The minimum atomic E-state index is -0.383. The van der Waals surface area contributed by atoms with Crippen LogP contribution in [0.1, 0.15) is 19.7 Å². The van der Waals surface area contributed by atoms with Crippen molar-refractivity contribution >= 4 is 11.6 Å². The number of methoxy groups -OCH3 is 2. The minimum Gasteiger partial charge on any atom is -0.493 e. The summed E-state index contributed by atoms with van der Waals surface area (Å²) in [6.07, 6.45) is 0. The first-order chi connectivity index (χ1) is 9.92. The Morgan fingerprint density at radius 1 is 1.29 bits per heavy atom. The monoisotopic (exact) mass is 311 g/mol. The average molecular weight is 312 g/mol. The molecule has 2 N–H and O–H groups in total. The summed E-state index contributed by atoms with van der Waals surface area (Å²) >= 11 is 6.18. The van der Waals surface area contributed by atoms with E-state index in [-0.39, 0.29) is 5.41 Å². The highest BCUT2D eigenvalue weighted by Crippen LogP contribution is 2.38. The van der Waals surface area contributed by atoms with Crippen molar-refractivity contribution in [1.29, 1.82) is 0 Å². The van der Waals surface area contributed by atoms with Gasteiger partial charge in [0.2, 0.25) is 11.7 Å². The maximum absolute atomic E-state index is 6.18. The lowest BCUT2D eigenvalue weighted by atomic mass is 9.94. The number of halogens is 1. The summed E-state index contributed by atoms with van der Waals surface area (Å²) < 4.78 is 15.7. The molecule has 0 aliphatic rings. The van der Waals surface area contributed by atoms with Crippen LogP contribution in [0.4, 0.5) is 0 Å². The van der Waals surface area contributed by atoms with E-state index in [2.05, 4.69) is 10.1 Å². The topological polar surface area (TPSA) is 83.4 Å². The molecule has 0 spiro atoms. The van der Waals surface area contributed by atoms with Crippen LogP contribution in [-0.2, 0) is 5.41 Å². The fraction of sp³-hybridized carbons (Fsp3) is 0.429. The smallest absolute Gasteiger partial charge is 0.233 e. The first kappa shape index (κ1) is 15.6. The number of benzene rings is 1. The van der Waals surface area contributed by atoms with Gasteiger partial charge in [-0.05, 0) is 26.0 Å². The second-order valence-electron chi connectivity index (χ2n) is 5.20. The summed E-state index contributed by atoms with van der Waals surface area (Å²) in [5, 5.41) is 4.39. The van der Waals surface area contributed by atoms with E-state index >= 15 is 0 Å². The first-order valence-corrected chi connectivity index (χ1v) is 6.77. The Balaban J connectivity index is 2.46. The van der Waals surface area contributed by atoms with Crippen LogP contribution < -0.4 is 15.2 Å². The van der Waals surface area contributed by atoms with Gasteiger partial charge in [0.1, 0.15) is 0 Å². The molecule has 0 radical (unpaired) electrons. The van der Waals surface area contributed by atoms with Gasteiger partial charge in [-0.2, -0.15) is 4.98 Å². The Hall–Kier alpha value is -1.79. The Morgan fingerprint density at radius 3 is 2.57 bits per heavy atom. The molecule has 2 aromatic rings. The fourth-order valence-corrected chi connectivity index (χ4v) is 2.04. The second kappa shape index (κ2) is 5.91. The van der Waals surface area contributed by atoms with Gasteiger partial charge in [0.15, 0.2) is 11.5 Å². The van der Waals surface area contributed by atoms with Crippen molar-refractivity contribution in [2.45, 2.75) is 19.3 Å². The van der Waals surface area contributed by atoms with Crippen LogP contribution >= 0.6 is 11.6 Å². The highest BCUT2D eigenvalue weighted by molar-refractivity contribution is 6.32. The van der Waals surface area contributed by atoms with Crippen LogP contribution in [0.25, 0.3) is 11.4 Å².